The molecule has 0 aliphatic heterocycles. The first-order chi connectivity index (χ1) is 3.91. The maximum Gasteiger partial charge on any atom is 0.253 e. The Morgan fingerprint density at radius 2 is 2.50 bits per heavy atom. The molecule has 0 aliphatic carbocycles. The topological polar surface area (TPSA) is 21.3 Å². The summed E-state index contributed by atoms with van der Waals surface area (Å²) in [5.74, 6) is 0. The molecule has 0 aromatic heterocycles. The molecule has 0 saturated carbocycles. The van der Waals surface area contributed by atoms with E-state index >= 15 is 0 Å². The van der Waals surface area contributed by atoms with E-state index in [-0.39, 0.29) is 0 Å². The van der Waals surface area contributed by atoms with Crippen molar-refractivity contribution in [3.63, 3.8) is 0 Å². The molecule has 0 bridgehead atoms. The minimum Gasteiger partial charge on any atom is -0.453 e. The molecule has 2 nitrogen and oxygen atoms in total. The van der Waals surface area contributed by atoms with Crippen molar-refractivity contribution in [2.24, 2.45) is 0 Å². The highest BCUT2D eigenvalue weighted by Crippen LogP contribution is 1.64. The zero-order valence-electron chi connectivity index (χ0n) is 5.05. The van der Waals surface area contributed by atoms with Crippen LogP contribution in [0.25, 0.3) is 0 Å². The van der Waals surface area contributed by atoms with Crippen LogP contribution in [0.1, 0.15) is 0 Å². The first-order valence-corrected chi connectivity index (χ1v) is 4.52. The average Bonchev–Trinajstić information content (AvgIpc) is 1.81. The minimum atomic E-state index is -0.421. The van der Waals surface area contributed by atoms with E-state index in [1.807, 2.05) is 12.3 Å². The molecule has 0 atom stereocenters. The van der Waals surface area contributed by atoms with Gasteiger partial charge in [-0.1, -0.05) is 12.7 Å². The molecule has 4 heteroatoms. The first kappa shape index (κ1) is 7.67. The normalized spacial score (nSPS) is 11.5. The maximum absolute atomic E-state index is 4.97. The van der Waals surface area contributed by atoms with Crippen LogP contribution < -0.4 is 4.98 Å². The van der Waals surface area contributed by atoms with E-state index in [0.29, 0.717) is 0 Å². The summed E-state index contributed by atoms with van der Waals surface area (Å²) < 4.78 is 4.97. The van der Waals surface area contributed by atoms with Gasteiger partial charge >= 0.3 is 0 Å². The van der Waals surface area contributed by atoms with Crippen molar-refractivity contribution >= 4 is 20.4 Å². The van der Waals surface area contributed by atoms with E-state index in [4.69, 9.17) is 4.12 Å². The molecule has 0 radical (unpaired) electrons. The summed E-state index contributed by atoms with van der Waals surface area (Å²) in [6.07, 6.45) is 5.44. The summed E-state index contributed by atoms with van der Waals surface area (Å²) in [6, 6.07) is 0. The van der Waals surface area contributed by atoms with Gasteiger partial charge in [0.1, 0.15) is 10.5 Å². The second-order valence-corrected chi connectivity index (χ2v) is 4.24. The Morgan fingerprint density at radius 1 is 1.75 bits per heavy atom. The number of allylic oxidation sites excluding steroid dienone is 2. The Labute approximate surface area is 55.2 Å². The molecular formula is C4H11NOSi2. The highest BCUT2D eigenvalue weighted by Gasteiger charge is 1.70. The third kappa shape index (κ3) is 5.67. The third-order valence-corrected chi connectivity index (χ3v) is 2.13. The largest absolute Gasteiger partial charge is 0.453 e. The Bertz CT molecular complexity index is 84.1. The van der Waals surface area contributed by atoms with E-state index in [2.05, 4.69) is 11.6 Å². The number of rotatable bonds is 4. The summed E-state index contributed by atoms with van der Waals surface area (Å²) in [6.45, 7) is 3.51. The summed E-state index contributed by atoms with van der Waals surface area (Å²) >= 11 is 0. The fourth-order valence-electron chi connectivity index (χ4n) is 0.268. The quantitative estimate of drug-likeness (QED) is 0.298. The zero-order valence-corrected chi connectivity index (χ0v) is 8.47. The van der Waals surface area contributed by atoms with Crippen molar-refractivity contribution in [2.75, 3.05) is 0 Å². The monoisotopic (exact) mass is 145 g/mol. The second-order valence-electron chi connectivity index (χ2n) is 1.23. The highest BCUT2D eigenvalue weighted by molar-refractivity contribution is 6.31. The van der Waals surface area contributed by atoms with Crippen molar-refractivity contribution in [1.82, 2.24) is 4.98 Å². The lowest BCUT2D eigenvalue weighted by Crippen LogP contribution is -2.13. The Balaban J connectivity index is 2.91. The predicted molar refractivity (Wildman–Crippen MR) is 42.0 cm³/mol. The molecule has 0 aliphatic rings. The van der Waals surface area contributed by atoms with Crippen LogP contribution in [0.3, 0.4) is 0 Å². The van der Waals surface area contributed by atoms with Crippen LogP contribution in [0.4, 0.5) is 0 Å². The summed E-state index contributed by atoms with van der Waals surface area (Å²) in [5.41, 5.74) is 0. The van der Waals surface area contributed by atoms with Crippen molar-refractivity contribution < 1.29 is 4.12 Å². The van der Waals surface area contributed by atoms with Crippen molar-refractivity contribution in [2.45, 2.75) is 0 Å². The molecular weight excluding hydrogens is 134 g/mol. The maximum atomic E-state index is 4.97. The summed E-state index contributed by atoms with van der Waals surface area (Å²) in [5, 5.41) is 0. The van der Waals surface area contributed by atoms with Gasteiger partial charge in [-0.05, 0) is 12.3 Å². The van der Waals surface area contributed by atoms with Gasteiger partial charge < -0.3 is 9.10 Å². The van der Waals surface area contributed by atoms with E-state index in [9.17, 15) is 0 Å². The van der Waals surface area contributed by atoms with Gasteiger partial charge in [-0.3, -0.25) is 0 Å². The summed E-state index contributed by atoms with van der Waals surface area (Å²) in [7, 11) is 0.425. The SMILES string of the molecule is C=C/C=C/N[SiH2]O[SiH3]. The molecule has 0 rings (SSSR count). The van der Waals surface area contributed by atoms with E-state index < -0.39 is 9.92 Å². The highest BCUT2D eigenvalue weighted by atomic mass is 28.3. The summed E-state index contributed by atoms with van der Waals surface area (Å²) in [4.78, 5) is 3.04. The molecule has 46 valence electrons. The molecule has 0 aromatic rings. The Hall–Kier alpha value is -0.326. The van der Waals surface area contributed by atoms with Crippen molar-refractivity contribution in [1.29, 1.82) is 0 Å². The van der Waals surface area contributed by atoms with Gasteiger partial charge in [0, 0.05) is 0 Å². The van der Waals surface area contributed by atoms with E-state index in [1.54, 1.807) is 6.08 Å². The minimum absolute atomic E-state index is 0.421. The van der Waals surface area contributed by atoms with E-state index in [1.165, 1.54) is 0 Å². The van der Waals surface area contributed by atoms with Crippen LogP contribution in [0, 0.1) is 0 Å². The smallest absolute Gasteiger partial charge is 0.253 e. The lowest BCUT2D eigenvalue weighted by molar-refractivity contribution is 0.653. The van der Waals surface area contributed by atoms with Gasteiger partial charge in [-0.15, -0.1) is 0 Å². The number of nitrogens with one attached hydrogen (secondary N) is 1. The Kier molecular flexibility index (Phi) is 6.40. The van der Waals surface area contributed by atoms with E-state index in [0.717, 1.165) is 10.5 Å². The zero-order chi connectivity index (χ0) is 6.24. The van der Waals surface area contributed by atoms with Crippen molar-refractivity contribution in [3.05, 3.63) is 24.9 Å². The van der Waals surface area contributed by atoms with Crippen molar-refractivity contribution in [3.8, 4) is 0 Å². The van der Waals surface area contributed by atoms with Gasteiger partial charge in [0.05, 0.1) is 0 Å². The van der Waals surface area contributed by atoms with Crippen LogP contribution in [0.5, 0.6) is 0 Å². The van der Waals surface area contributed by atoms with Gasteiger partial charge in [0.15, 0.2) is 0 Å². The molecule has 8 heavy (non-hydrogen) atoms. The van der Waals surface area contributed by atoms with Gasteiger partial charge in [-0.25, -0.2) is 0 Å². The Morgan fingerprint density at radius 3 is 3.00 bits per heavy atom. The molecule has 0 spiro atoms. The lowest BCUT2D eigenvalue weighted by atomic mass is 10.6. The van der Waals surface area contributed by atoms with Crippen LogP contribution >= 0.6 is 0 Å². The van der Waals surface area contributed by atoms with Crippen LogP contribution in [-0.2, 0) is 4.12 Å². The fourth-order valence-corrected chi connectivity index (χ4v) is 1.17. The standard InChI is InChI=1S/C4H11NOSi2/c1-2-3-4-5-8-6-7/h2-5H,1,8H2,7H3/b4-3+. The second kappa shape index (κ2) is 6.67. The number of hydrogen-bond acceptors (Lipinski definition) is 2. The number of hydrogen-bond donors (Lipinski definition) is 1. The van der Waals surface area contributed by atoms with Crippen LogP contribution in [-0.4, -0.2) is 20.4 Å². The predicted octanol–water partition coefficient (Wildman–Crippen LogP) is -1.43. The van der Waals surface area contributed by atoms with Gasteiger partial charge in [0.25, 0.3) is 9.92 Å². The molecule has 0 heterocycles. The van der Waals surface area contributed by atoms with Crippen LogP contribution in [0.2, 0.25) is 0 Å². The molecule has 0 aromatic carbocycles. The average molecular weight is 145 g/mol. The van der Waals surface area contributed by atoms with Crippen LogP contribution in [0.15, 0.2) is 24.9 Å². The molecule has 0 saturated heterocycles. The molecule has 0 fully saturated rings. The third-order valence-electron chi connectivity index (χ3n) is 0.578. The fraction of sp³-hybridized carbons (Fsp3) is 0. The van der Waals surface area contributed by atoms with Gasteiger partial charge in [0.2, 0.25) is 0 Å². The first-order valence-electron chi connectivity index (χ1n) is 2.41. The van der Waals surface area contributed by atoms with Gasteiger partial charge in [-0.2, -0.15) is 0 Å². The molecule has 0 amide bonds. The molecule has 1 N–H and O–H groups in total. The lowest BCUT2D eigenvalue weighted by Gasteiger charge is -1.92. The molecule has 0 unspecified atom stereocenters.